The zero-order valence-electron chi connectivity index (χ0n) is 31.3. The molecule has 302 valence electrons. The number of nitrogens with zero attached hydrogens (tertiary/aromatic N) is 2. The van der Waals surface area contributed by atoms with Crippen LogP contribution in [0.1, 0.15) is 84.3 Å². The quantitative estimate of drug-likeness (QED) is 0.226. The van der Waals surface area contributed by atoms with Gasteiger partial charge in [0.15, 0.2) is 0 Å². The Morgan fingerprint density at radius 2 is 1.73 bits per heavy atom. The van der Waals surface area contributed by atoms with E-state index < -0.39 is 73.7 Å². The second-order valence-electron chi connectivity index (χ2n) is 15.9. The lowest BCUT2D eigenvalue weighted by Crippen LogP contribution is -2.59. The Kier molecular flexibility index (Phi) is 11.4. The first-order valence-electron chi connectivity index (χ1n) is 18.1. The van der Waals surface area contributed by atoms with Gasteiger partial charge in [0.25, 0.3) is 5.91 Å². The fourth-order valence-corrected chi connectivity index (χ4v) is 8.29. The minimum Gasteiger partial charge on any atom is -0.465 e. The number of fused-ring (bicyclic) bond motifs is 1. The van der Waals surface area contributed by atoms with E-state index in [1.807, 2.05) is 6.92 Å². The van der Waals surface area contributed by atoms with Gasteiger partial charge in [0.1, 0.15) is 29.2 Å². The summed E-state index contributed by atoms with van der Waals surface area (Å²) < 4.78 is 81.9. The Morgan fingerprint density at radius 3 is 2.29 bits per heavy atom. The van der Waals surface area contributed by atoms with Crippen molar-refractivity contribution in [1.29, 1.82) is 0 Å². The highest BCUT2D eigenvalue weighted by Crippen LogP contribution is 2.48. The van der Waals surface area contributed by atoms with Crippen molar-refractivity contribution in [2.45, 2.75) is 115 Å². The average Bonchev–Trinajstić information content (AvgIpc) is 3.85. The van der Waals surface area contributed by atoms with Gasteiger partial charge in [0.05, 0.1) is 11.3 Å². The highest BCUT2D eigenvalue weighted by atomic mass is 32.2. The second kappa shape index (κ2) is 15.1. The SMILES string of the molecule is CCC1CC1(NC(=O)C1CCCN1C(=O)C(Nc1cccc(OC(F)(F)F)c1)C(C)(C)C)C(=O)NS(=O)(=O)C1(C)CC1.O=C(O)N1Cc2cccc(F)c2C1. The fraction of sp³-hybridized carbons (Fsp3) is 0.568. The summed E-state index contributed by atoms with van der Waals surface area (Å²) >= 11 is 0. The van der Waals surface area contributed by atoms with E-state index >= 15 is 0 Å². The Hall–Kier alpha value is -4.61. The van der Waals surface area contributed by atoms with Gasteiger partial charge in [-0.05, 0) is 74.1 Å². The van der Waals surface area contributed by atoms with Gasteiger partial charge in [0.2, 0.25) is 21.8 Å². The third-order valence-corrected chi connectivity index (χ3v) is 12.9. The highest BCUT2D eigenvalue weighted by molar-refractivity contribution is 7.91. The van der Waals surface area contributed by atoms with Crippen molar-refractivity contribution in [1.82, 2.24) is 19.8 Å². The van der Waals surface area contributed by atoms with Gasteiger partial charge in [-0.2, -0.15) is 0 Å². The molecule has 4 amide bonds. The predicted molar refractivity (Wildman–Crippen MR) is 192 cm³/mol. The molecule has 0 aromatic heterocycles. The number of ether oxygens (including phenoxy) is 1. The molecular formula is C37H47F4N5O8S. The lowest BCUT2D eigenvalue weighted by Gasteiger charge is -2.36. The second-order valence-corrected chi connectivity index (χ2v) is 18.1. The van der Waals surface area contributed by atoms with E-state index in [0.29, 0.717) is 44.2 Å². The van der Waals surface area contributed by atoms with E-state index in [2.05, 4.69) is 20.1 Å². The number of hydrogen-bond acceptors (Lipinski definition) is 8. The van der Waals surface area contributed by atoms with Crippen LogP contribution in [0.3, 0.4) is 0 Å². The van der Waals surface area contributed by atoms with E-state index in [4.69, 9.17) is 5.11 Å². The van der Waals surface area contributed by atoms with Gasteiger partial charge >= 0.3 is 12.5 Å². The first-order chi connectivity index (χ1) is 25.5. The largest absolute Gasteiger partial charge is 0.573 e. The standard InChI is InChI=1S/C28H39F3N4O6S.C9H8FNO2/c1-6-17-16-27(17,24(38)34-42(39,40)26(5)12-13-26)33-22(36)20-11-8-14-35(20)23(37)21(25(2,3)4)32-18-9-7-10-19(15-18)41-28(29,30)31;10-8-3-1-2-6-4-11(9(12)13)5-7(6)8/h7,9-10,15,17,20-21,32H,6,8,11-14,16H2,1-5H3,(H,33,36)(H,34,38);1-3H,4-5H2,(H,12,13). The van der Waals surface area contributed by atoms with Gasteiger partial charge < -0.3 is 25.4 Å². The van der Waals surface area contributed by atoms with Gasteiger partial charge in [-0.25, -0.2) is 17.6 Å². The molecule has 2 aliphatic heterocycles. The third kappa shape index (κ3) is 9.27. The lowest BCUT2D eigenvalue weighted by atomic mass is 9.85. The van der Waals surface area contributed by atoms with Crippen LogP contribution >= 0.6 is 0 Å². The number of amides is 4. The van der Waals surface area contributed by atoms with E-state index in [9.17, 15) is 45.2 Å². The van der Waals surface area contributed by atoms with Crippen LogP contribution in [-0.4, -0.2) is 82.4 Å². The number of likely N-dealkylation sites (tertiary alicyclic amines) is 1. The van der Waals surface area contributed by atoms with Crippen molar-refractivity contribution in [3.05, 3.63) is 59.4 Å². The van der Waals surface area contributed by atoms with Gasteiger partial charge in [0, 0.05) is 30.4 Å². The predicted octanol–water partition coefficient (Wildman–Crippen LogP) is 5.51. The molecule has 3 fully saturated rings. The normalized spacial score (nSPS) is 23.1. The number of alkyl halides is 3. The zero-order chi connectivity index (χ0) is 40.7. The Labute approximate surface area is 317 Å². The van der Waals surface area contributed by atoms with Crippen LogP contribution in [0.25, 0.3) is 0 Å². The number of nitrogens with one attached hydrogen (secondary N) is 3. The van der Waals surface area contributed by atoms with Crippen LogP contribution in [0.4, 0.5) is 28.0 Å². The third-order valence-electron chi connectivity index (χ3n) is 10.7. The minimum absolute atomic E-state index is 0.164. The summed E-state index contributed by atoms with van der Waals surface area (Å²) in [6.45, 7) is 9.52. The first-order valence-corrected chi connectivity index (χ1v) is 19.5. The molecule has 0 spiro atoms. The van der Waals surface area contributed by atoms with E-state index in [-0.39, 0.29) is 36.9 Å². The molecule has 55 heavy (non-hydrogen) atoms. The van der Waals surface area contributed by atoms with Crippen molar-refractivity contribution in [2.24, 2.45) is 11.3 Å². The lowest BCUT2D eigenvalue weighted by molar-refractivity contribution is -0.274. The number of carboxylic acid groups (broad SMARTS) is 1. The molecule has 2 heterocycles. The van der Waals surface area contributed by atoms with Crippen LogP contribution in [-0.2, 0) is 37.5 Å². The maximum atomic E-state index is 13.9. The smallest absolute Gasteiger partial charge is 0.465 e. The van der Waals surface area contributed by atoms with Gasteiger partial charge in [-0.15, -0.1) is 13.2 Å². The minimum atomic E-state index is -4.87. The Morgan fingerprint density at radius 1 is 1.05 bits per heavy atom. The molecule has 1 saturated heterocycles. The molecule has 2 aromatic carbocycles. The maximum Gasteiger partial charge on any atom is 0.573 e. The molecule has 4 atom stereocenters. The number of sulfonamides is 1. The molecule has 0 radical (unpaired) electrons. The number of benzene rings is 2. The summed E-state index contributed by atoms with van der Waals surface area (Å²) in [4.78, 5) is 53.9. The molecule has 4 N–H and O–H groups in total. The number of carbonyl (C=O) groups is 4. The average molecular weight is 798 g/mol. The topological polar surface area (TPSA) is 174 Å². The summed E-state index contributed by atoms with van der Waals surface area (Å²) in [6, 6.07) is 8.06. The number of carbonyl (C=O) groups excluding carboxylic acids is 3. The summed E-state index contributed by atoms with van der Waals surface area (Å²) in [6.07, 6.45) is -3.27. The van der Waals surface area contributed by atoms with E-state index in [1.54, 1.807) is 39.8 Å². The molecule has 2 aliphatic carbocycles. The maximum absolute atomic E-state index is 13.9. The number of hydrogen-bond donors (Lipinski definition) is 4. The molecule has 2 aromatic rings. The van der Waals surface area contributed by atoms with Crippen molar-refractivity contribution in [3.8, 4) is 5.75 Å². The molecule has 13 nitrogen and oxygen atoms in total. The number of rotatable bonds is 10. The molecule has 18 heteroatoms. The molecule has 0 bridgehead atoms. The van der Waals surface area contributed by atoms with E-state index in [1.165, 1.54) is 28.0 Å². The van der Waals surface area contributed by atoms with Crippen LogP contribution < -0.4 is 20.1 Å². The van der Waals surface area contributed by atoms with Crippen LogP contribution in [0.2, 0.25) is 0 Å². The van der Waals surface area contributed by atoms with Gasteiger partial charge in [-0.1, -0.05) is 52.3 Å². The van der Waals surface area contributed by atoms with Gasteiger partial charge in [-0.3, -0.25) is 24.0 Å². The summed E-state index contributed by atoms with van der Waals surface area (Å²) in [7, 11) is -3.91. The van der Waals surface area contributed by atoms with Crippen molar-refractivity contribution in [3.63, 3.8) is 0 Å². The summed E-state index contributed by atoms with van der Waals surface area (Å²) in [5.41, 5.74) is -0.579. The van der Waals surface area contributed by atoms with Crippen LogP contribution in [0.5, 0.6) is 5.75 Å². The number of halogens is 4. The molecule has 6 rings (SSSR count). The van der Waals surface area contributed by atoms with E-state index in [0.717, 1.165) is 17.7 Å². The highest BCUT2D eigenvalue weighted by Gasteiger charge is 2.63. The molecule has 2 saturated carbocycles. The Bertz CT molecular complexity index is 1930. The van der Waals surface area contributed by atoms with Crippen molar-refractivity contribution >= 4 is 39.5 Å². The zero-order valence-corrected chi connectivity index (χ0v) is 32.1. The fourth-order valence-electron chi connectivity index (χ4n) is 6.98. The summed E-state index contributed by atoms with van der Waals surface area (Å²) in [5.74, 6) is -2.74. The Balaban J connectivity index is 0.000000373. The molecule has 4 aliphatic rings. The summed E-state index contributed by atoms with van der Waals surface area (Å²) in [5, 5.41) is 14.5. The first kappa shape index (κ1) is 41.6. The number of anilines is 1. The molecular weight excluding hydrogens is 750 g/mol. The van der Waals surface area contributed by atoms with Crippen molar-refractivity contribution in [2.75, 3.05) is 11.9 Å². The van der Waals surface area contributed by atoms with Crippen molar-refractivity contribution < 1.29 is 55.0 Å². The molecule has 4 unspecified atom stereocenters. The van der Waals surface area contributed by atoms with Crippen LogP contribution in [0.15, 0.2) is 42.5 Å². The monoisotopic (exact) mass is 797 g/mol. The van der Waals surface area contributed by atoms with Crippen LogP contribution in [0, 0.1) is 17.2 Å².